The molecule has 2 aromatic carbocycles. The second kappa shape index (κ2) is 7.83. The van der Waals surface area contributed by atoms with Gasteiger partial charge in [-0.15, -0.1) is 0 Å². The van der Waals surface area contributed by atoms with Gasteiger partial charge >= 0.3 is 0 Å². The molecule has 3 rings (SSSR count). The van der Waals surface area contributed by atoms with Gasteiger partial charge in [-0.1, -0.05) is 29.8 Å². The van der Waals surface area contributed by atoms with E-state index in [0.29, 0.717) is 25.3 Å². The van der Waals surface area contributed by atoms with E-state index in [9.17, 15) is 9.59 Å². The lowest BCUT2D eigenvalue weighted by molar-refractivity contribution is -0.117. The Labute approximate surface area is 147 Å². The molecule has 1 aliphatic heterocycles. The zero-order valence-corrected chi connectivity index (χ0v) is 14.3. The molecule has 0 atom stereocenters. The Morgan fingerprint density at radius 3 is 2.64 bits per heavy atom. The fourth-order valence-electron chi connectivity index (χ4n) is 2.83. The lowest BCUT2D eigenvalue weighted by Gasteiger charge is -2.20. The second-order valence-corrected chi connectivity index (χ2v) is 6.13. The number of nitrogens with zero attached hydrogens (tertiary/aromatic N) is 1. The van der Waals surface area contributed by atoms with Crippen LogP contribution in [0.5, 0.6) is 5.75 Å². The number of aryl methyl sites for hydroxylation is 1. The first-order valence-electron chi connectivity index (χ1n) is 8.52. The summed E-state index contributed by atoms with van der Waals surface area (Å²) in [5.41, 5.74) is 2.59. The van der Waals surface area contributed by atoms with Crippen molar-refractivity contribution in [1.29, 1.82) is 0 Å². The average molecular weight is 338 g/mol. The van der Waals surface area contributed by atoms with Crippen LogP contribution in [-0.4, -0.2) is 25.0 Å². The number of ether oxygens (including phenoxy) is 1. The van der Waals surface area contributed by atoms with Crippen LogP contribution in [-0.2, 0) is 9.59 Å². The SMILES string of the molecule is Cc1ccc(OCCC(=O)Nc2ccccc2N2CCCC2=O)cc1. The van der Waals surface area contributed by atoms with Crippen LogP contribution in [0.3, 0.4) is 0 Å². The van der Waals surface area contributed by atoms with Crippen LogP contribution in [0.25, 0.3) is 0 Å². The standard InChI is InChI=1S/C20H22N2O3/c1-15-8-10-16(11-9-15)25-14-12-19(23)21-17-5-2-3-6-18(17)22-13-4-7-20(22)24/h2-3,5-6,8-11H,4,7,12-14H2,1H3,(H,21,23). The van der Waals surface area contributed by atoms with Crippen LogP contribution in [0.1, 0.15) is 24.8 Å². The highest BCUT2D eigenvalue weighted by Gasteiger charge is 2.24. The summed E-state index contributed by atoms with van der Waals surface area (Å²) in [4.78, 5) is 25.9. The number of benzene rings is 2. The molecule has 1 N–H and O–H groups in total. The molecule has 0 unspecified atom stereocenters. The Morgan fingerprint density at radius 2 is 1.92 bits per heavy atom. The van der Waals surface area contributed by atoms with Crippen LogP contribution >= 0.6 is 0 Å². The van der Waals surface area contributed by atoms with Gasteiger partial charge in [0.15, 0.2) is 0 Å². The molecular formula is C20H22N2O3. The quantitative estimate of drug-likeness (QED) is 0.876. The molecule has 2 aromatic rings. The van der Waals surface area contributed by atoms with Gasteiger partial charge in [-0.05, 0) is 37.6 Å². The van der Waals surface area contributed by atoms with Gasteiger partial charge in [-0.3, -0.25) is 9.59 Å². The maximum absolute atomic E-state index is 12.2. The summed E-state index contributed by atoms with van der Waals surface area (Å²) in [6.45, 7) is 3.02. The molecule has 130 valence electrons. The first kappa shape index (κ1) is 17.0. The van der Waals surface area contributed by atoms with Crippen LogP contribution < -0.4 is 15.0 Å². The van der Waals surface area contributed by atoms with E-state index in [-0.39, 0.29) is 18.2 Å². The van der Waals surface area contributed by atoms with Gasteiger partial charge in [0, 0.05) is 13.0 Å². The van der Waals surface area contributed by atoms with E-state index in [0.717, 1.165) is 23.4 Å². The van der Waals surface area contributed by atoms with Gasteiger partial charge in [0.25, 0.3) is 0 Å². The molecule has 5 heteroatoms. The van der Waals surface area contributed by atoms with Crippen LogP contribution in [0, 0.1) is 6.92 Å². The molecule has 2 amide bonds. The minimum Gasteiger partial charge on any atom is -0.493 e. The van der Waals surface area contributed by atoms with Gasteiger partial charge in [0.2, 0.25) is 11.8 Å². The lowest BCUT2D eigenvalue weighted by Crippen LogP contribution is -2.25. The van der Waals surface area contributed by atoms with Crippen molar-refractivity contribution in [3.8, 4) is 5.75 Å². The van der Waals surface area contributed by atoms with E-state index >= 15 is 0 Å². The van der Waals surface area contributed by atoms with Crippen molar-refractivity contribution in [2.45, 2.75) is 26.2 Å². The summed E-state index contributed by atoms with van der Waals surface area (Å²) in [7, 11) is 0. The van der Waals surface area contributed by atoms with Crippen molar-refractivity contribution in [1.82, 2.24) is 0 Å². The first-order chi connectivity index (χ1) is 12.1. The van der Waals surface area contributed by atoms with Crippen LogP contribution in [0.4, 0.5) is 11.4 Å². The van der Waals surface area contributed by atoms with E-state index in [2.05, 4.69) is 5.32 Å². The number of amides is 2. The molecule has 1 heterocycles. The Hall–Kier alpha value is -2.82. The Balaban J connectivity index is 1.56. The Morgan fingerprint density at radius 1 is 1.16 bits per heavy atom. The van der Waals surface area contributed by atoms with Crippen molar-refractivity contribution in [3.05, 3.63) is 54.1 Å². The minimum absolute atomic E-state index is 0.101. The molecule has 25 heavy (non-hydrogen) atoms. The number of carbonyl (C=O) groups excluding carboxylic acids is 2. The molecule has 5 nitrogen and oxygen atoms in total. The molecule has 0 saturated carbocycles. The van der Waals surface area contributed by atoms with E-state index in [1.165, 1.54) is 0 Å². The topological polar surface area (TPSA) is 58.6 Å². The highest BCUT2D eigenvalue weighted by atomic mass is 16.5. The number of nitrogens with one attached hydrogen (secondary N) is 1. The number of para-hydroxylation sites is 2. The zero-order chi connectivity index (χ0) is 17.6. The van der Waals surface area contributed by atoms with E-state index < -0.39 is 0 Å². The molecule has 0 aliphatic carbocycles. The predicted molar refractivity (Wildman–Crippen MR) is 97.9 cm³/mol. The van der Waals surface area contributed by atoms with Crippen LogP contribution in [0.15, 0.2) is 48.5 Å². The molecule has 1 fully saturated rings. The van der Waals surface area contributed by atoms with Crippen molar-refractivity contribution in [2.24, 2.45) is 0 Å². The van der Waals surface area contributed by atoms with Crippen molar-refractivity contribution in [2.75, 3.05) is 23.4 Å². The summed E-state index contributed by atoms with van der Waals surface area (Å²) in [5, 5.41) is 2.89. The van der Waals surface area contributed by atoms with Gasteiger partial charge in [0.05, 0.1) is 24.4 Å². The van der Waals surface area contributed by atoms with Gasteiger partial charge in [-0.25, -0.2) is 0 Å². The summed E-state index contributed by atoms with van der Waals surface area (Å²) in [6.07, 6.45) is 1.66. The van der Waals surface area contributed by atoms with Crippen molar-refractivity contribution < 1.29 is 14.3 Å². The van der Waals surface area contributed by atoms with Gasteiger partial charge < -0.3 is 15.0 Å². The van der Waals surface area contributed by atoms with E-state index in [1.54, 1.807) is 4.90 Å². The second-order valence-electron chi connectivity index (χ2n) is 6.13. The number of rotatable bonds is 6. The molecule has 0 radical (unpaired) electrons. The monoisotopic (exact) mass is 338 g/mol. The smallest absolute Gasteiger partial charge is 0.227 e. The molecule has 0 aromatic heterocycles. The molecule has 1 aliphatic rings. The summed E-state index contributed by atoms with van der Waals surface area (Å²) in [6, 6.07) is 15.1. The fraction of sp³-hybridized carbons (Fsp3) is 0.300. The number of hydrogen-bond acceptors (Lipinski definition) is 3. The molecular weight excluding hydrogens is 316 g/mol. The highest BCUT2D eigenvalue weighted by molar-refractivity contribution is 6.02. The Bertz CT molecular complexity index is 756. The number of anilines is 2. The largest absolute Gasteiger partial charge is 0.493 e. The van der Waals surface area contributed by atoms with Crippen molar-refractivity contribution in [3.63, 3.8) is 0 Å². The fourth-order valence-corrected chi connectivity index (χ4v) is 2.83. The average Bonchev–Trinajstić information content (AvgIpc) is 3.03. The number of hydrogen-bond donors (Lipinski definition) is 1. The van der Waals surface area contributed by atoms with Gasteiger partial charge in [-0.2, -0.15) is 0 Å². The maximum Gasteiger partial charge on any atom is 0.227 e. The predicted octanol–water partition coefficient (Wildman–Crippen LogP) is 3.53. The maximum atomic E-state index is 12.2. The molecule has 0 spiro atoms. The molecule has 0 bridgehead atoms. The first-order valence-corrected chi connectivity index (χ1v) is 8.52. The summed E-state index contributed by atoms with van der Waals surface area (Å²) in [5.74, 6) is 0.720. The van der Waals surface area contributed by atoms with Crippen LogP contribution in [0.2, 0.25) is 0 Å². The van der Waals surface area contributed by atoms with Crippen molar-refractivity contribution >= 4 is 23.2 Å². The van der Waals surface area contributed by atoms with E-state index in [1.807, 2.05) is 55.5 Å². The van der Waals surface area contributed by atoms with E-state index in [4.69, 9.17) is 4.74 Å². The highest BCUT2D eigenvalue weighted by Crippen LogP contribution is 2.29. The minimum atomic E-state index is -0.133. The van der Waals surface area contributed by atoms with Gasteiger partial charge in [0.1, 0.15) is 5.75 Å². The number of carbonyl (C=O) groups is 2. The summed E-state index contributed by atoms with van der Waals surface area (Å²) >= 11 is 0. The Kier molecular flexibility index (Phi) is 5.33. The third-order valence-electron chi connectivity index (χ3n) is 4.16. The third-order valence-corrected chi connectivity index (χ3v) is 4.16. The molecule has 1 saturated heterocycles. The normalized spacial score (nSPS) is 13.8. The third kappa shape index (κ3) is 4.38. The zero-order valence-electron chi connectivity index (χ0n) is 14.3. The summed E-state index contributed by atoms with van der Waals surface area (Å²) < 4.78 is 5.59. The lowest BCUT2D eigenvalue weighted by atomic mass is 10.2.